The highest BCUT2D eigenvalue weighted by atomic mass is 19.1. The second kappa shape index (κ2) is 17.4. The average molecular weight is 903 g/mol. The fraction of sp³-hybridized carbons (Fsp3) is 0.520. The molecular weight excluding hydrogens is 843 g/mol. The number of nitrogens with zero attached hydrogens (tertiary/aromatic N) is 8. The molecule has 7 heterocycles. The van der Waals surface area contributed by atoms with Crippen LogP contribution in [0.2, 0.25) is 0 Å². The van der Waals surface area contributed by atoms with Gasteiger partial charge >= 0.3 is 0 Å². The first-order valence-electron chi connectivity index (χ1n) is 23.7. The predicted molar refractivity (Wildman–Crippen MR) is 249 cm³/mol. The van der Waals surface area contributed by atoms with E-state index in [9.17, 15) is 14.4 Å². The van der Waals surface area contributed by atoms with Crippen LogP contribution in [0.15, 0.2) is 42.5 Å². The van der Waals surface area contributed by atoms with Gasteiger partial charge in [0.15, 0.2) is 0 Å². The lowest BCUT2D eigenvalue weighted by atomic mass is 9.79. The number of carbonyl (C=O) groups is 3. The van der Waals surface area contributed by atoms with Crippen molar-refractivity contribution in [1.29, 1.82) is 0 Å². The molecule has 3 saturated heterocycles. The van der Waals surface area contributed by atoms with Crippen LogP contribution in [-0.4, -0.2) is 99.4 Å². The van der Waals surface area contributed by atoms with Gasteiger partial charge in [0, 0.05) is 87.0 Å². The van der Waals surface area contributed by atoms with Crippen molar-refractivity contribution in [3.63, 3.8) is 0 Å². The van der Waals surface area contributed by atoms with Gasteiger partial charge < -0.3 is 24.0 Å². The highest BCUT2D eigenvalue weighted by Gasteiger charge is 2.36. The molecule has 66 heavy (non-hydrogen) atoms. The Bertz CT molecular complexity index is 2690. The molecule has 348 valence electrons. The van der Waals surface area contributed by atoms with E-state index in [0.29, 0.717) is 66.3 Å². The van der Waals surface area contributed by atoms with E-state index < -0.39 is 29.4 Å². The third-order valence-electron chi connectivity index (χ3n) is 15.2. The fourth-order valence-electron chi connectivity index (χ4n) is 11.6. The van der Waals surface area contributed by atoms with Gasteiger partial charge in [-0.25, -0.2) is 18.4 Å². The maximum atomic E-state index is 15.4. The van der Waals surface area contributed by atoms with Gasteiger partial charge in [-0.05, 0) is 132 Å². The van der Waals surface area contributed by atoms with Crippen molar-refractivity contribution in [2.24, 2.45) is 24.3 Å². The molecular formula is C50H60F2N10O4. The van der Waals surface area contributed by atoms with Crippen LogP contribution in [0.25, 0.3) is 22.3 Å². The number of rotatable bonds is 6. The number of fused-ring (bicyclic) bond motifs is 9. The SMILES string of the molecule is Cc1cc2cc(n1)-c1c(C)nn(C)c1OC[C@H]1CC[C@H](C1)Cn1c(nc3ccc(N4CCC(C)(CN(C)C5CCN(c6cc(F)c([C@H]7CCC(=O)NC7=O)c(F)c6)CC5)CC4)cc31)NC2=O. The molecule has 0 unspecified atom stereocenters. The summed E-state index contributed by atoms with van der Waals surface area (Å²) in [4.78, 5) is 54.9. The van der Waals surface area contributed by atoms with Crippen molar-refractivity contribution in [3.8, 4) is 17.1 Å². The zero-order valence-electron chi connectivity index (χ0n) is 38.6. The van der Waals surface area contributed by atoms with Crippen LogP contribution >= 0.6 is 0 Å². The molecule has 5 aromatic rings. The number of piperidine rings is 3. The van der Waals surface area contributed by atoms with Crippen molar-refractivity contribution in [2.75, 3.05) is 61.5 Å². The summed E-state index contributed by atoms with van der Waals surface area (Å²) >= 11 is 0. The van der Waals surface area contributed by atoms with E-state index in [1.165, 1.54) is 12.1 Å². The minimum Gasteiger partial charge on any atom is -0.477 e. The van der Waals surface area contributed by atoms with Crippen LogP contribution < -0.4 is 25.2 Å². The predicted octanol–water partition coefficient (Wildman–Crippen LogP) is 7.52. The molecule has 4 aliphatic heterocycles. The van der Waals surface area contributed by atoms with E-state index in [0.717, 1.165) is 105 Å². The number of imide groups is 1. The number of ether oxygens (including phenoxy) is 1. The summed E-state index contributed by atoms with van der Waals surface area (Å²) in [5.74, 6) is -1.76. The Morgan fingerprint density at radius 2 is 1.59 bits per heavy atom. The number of halogens is 2. The monoisotopic (exact) mass is 902 g/mol. The van der Waals surface area contributed by atoms with Gasteiger partial charge in [-0.3, -0.25) is 30.0 Å². The van der Waals surface area contributed by atoms with E-state index in [-0.39, 0.29) is 29.7 Å². The van der Waals surface area contributed by atoms with E-state index in [4.69, 9.17) is 14.7 Å². The molecule has 10 rings (SSSR count). The topological polar surface area (TPSA) is 143 Å². The highest BCUT2D eigenvalue weighted by molar-refractivity contribution is 6.05. The molecule has 2 N–H and O–H groups in total. The number of anilines is 3. The van der Waals surface area contributed by atoms with Crippen LogP contribution in [0.3, 0.4) is 0 Å². The van der Waals surface area contributed by atoms with Crippen molar-refractivity contribution in [3.05, 3.63) is 76.6 Å². The van der Waals surface area contributed by atoms with Gasteiger partial charge in [-0.15, -0.1) is 0 Å². The maximum absolute atomic E-state index is 15.4. The molecule has 4 fully saturated rings. The molecule has 14 nitrogen and oxygen atoms in total. The zero-order chi connectivity index (χ0) is 46.0. The minimum atomic E-state index is -1.01. The molecule has 4 bridgehead atoms. The Kier molecular flexibility index (Phi) is 11.6. The third kappa shape index (κ3) is 8.52. The Labute approximate surface area is 384 Å². The summed E-state index contributed by atoms with van der Waals surface area (Å²) < 4.78 is 41.2. The number of pyridine rings is 1. The Hall–Kier alpha value is -5.90. The second-order valence-corrected chi connectivity index (χ2v) is 20.1. The molecule has 2 aromatic carbocycles. The number of benzene rings is 2. The van der Waals surface area contributed by atoms with Gasteiger partial charge in [0.2, 0.25) is 23.6 Å². The number of hydrogen-bond acceptors (Lipinski definition) is 10. The standard InChI is InChI=1S/C50H60F2N10O4/c1-29-20-33-22-41(53-29)44-30(2)57-59(5)48(44)66-27-32-7-6-31(21-32)26-62-42-25-35(8-10-40(42)54-49(62)56-46(33)64)61-18-14-50(3,15-19-61)28-58(4)34-12-16-60(17-13-34)36-23-38(51)45(39(52)24-36)37-9-11-43(63)55-47(37)65/h8,10,20,22-25,31-32,34,37H,6-7,9,11-19,21,26-28H2,1-5H3,(H,54,56,64)(H,55,63,65)/t31-,32+,37-/m1/s1. The van der Waals surface area contributed by atoms with Gasteiger partial charge in [-0.2, -0.15) is 5.10 Å². The number of amides is 3. The van der Waals surface area contributed by atoms with Crippen LogP contribution in [-0.2, 0) is 23.2 Å². The van der Waals surface area contributed by atoms with Crippen LogP contribution in [0.1, 0.15) is 97.9 Å². The first-order valence-corrected chi connectivity index (χ1v) is 23.7. The van der Waals surface area contributed by atoms with Gasteiger partial charge in [0.1, 0.15) is 11.6 Å². The minimum absolute atomic E-state index is 0.0608. The number of hydrogen-bond donors (Lipinski definition) is 2. The normalized spacial score (nSPS) is 22.7. The van der Waals surface area contributed by atoms with Crippen molar-refractivity contribution in [1.82, 2.24) is 34.5 Å². The first-order chi connectivity index (χ1) is 31.7. The molecule has 3 atom stereocenters. The van der Waals surface area contributed by atoms with E-state index >= 15 is 8.78 Å². The largest absolute Gasteiger partial charge is 0.477 e. The van der Waals surface area contributed by atoms with Crippen molar-refractivity contribution in [2.45, 2.75) is 97.1 Å². The quantitative estimate of drug-likeness (QED) is 0.165. The van der Waals surface area contributed by atoms with E-state index in [1.807, 2.05) is 37.9 Å². The number of carbonyl (C=O) groups excluding carboxylic acids is 3. The van der Waals surface area contributed by atoms with Crippen molar-refractivity contribution >= 4 is 46.1 Å². The lowest BCUT2D eigenvalue weighted by Crippen LogP contribution is -2.49. The first kappa shape index (κ1) is 44.0. The van der Waals surface area contributed by atoms with Crippen LogP contribution in [0.5, 0.6) is 5.88 Å². The summed E-state index contributed by atoms with van der Waals surface area (Å²) in [6.45, 7) is 11.7. The summed E-state index contributed by atoms with van der Waals surface area (Å²) in [6, 6.07) is 13.2. The lowest BCUT2D eigenvalue weighted by molar-refractivity contribution is -0.134. The third-order valence-corrected chi connectivity index (χ3v) is 15.2. The summed E-state index contributed by atoms with van der Waals surface area (Å²) in [5, 5.41) is 10.1. The number of nitrogens with one attached hydrogen (secondary N) is 2. The van der Waals surface area contributed by atoms with Gasteiger partial charge in [-0.1, -0.05) is 6.92 Å². The molecule has 0 spiro atoms. The molecule has 16 heteroatoms. The van der Waals surface area contributed by atoms with Gasteiger partial charge in [0.25, 0.3) is 5.91 Å². The van der Waals surface area contributed by atoms with Crippen molar-refractivity contribution < 1.29 is 27.9 Å². The summed E-state index contributed by atoms with van der Waals surface area (Å²) in [7, 11) is 4.10. The van der Waals surface area contributed by atoms with Crippen LogP contribution in [0.4, 0.5) is 26.1 Å². The molecule has 1 aliphatic carbocycles. The second-order valence-electron chi connectivity index (χ2n) is 20.1. The molecule has 3 amide bonds. The maximum Gasteiger partial charge on any atom is 0.258 e. The van der Waals surface area contributed by atoms with E-state index in [1.54, 1.807) is 4.68 Å². The van der Waals surface area contributed by atoms with Gasteiger partial charge in [0.05, 0.1) is 40.5 Å². The Morgan fingerprint density at radius 3 is 2.33 bits per heavy atom. The number of aromatic nitrogens is 5. The number of aryl methyl sites for hydroxylation is 3. The highest BCUT2D eigenvalue weighted by Crippen LogP contribution is 2.40. The van der Waals surface area contributed by atoms with E-state index in [2.05, 4.69) is 62.3 Å². The Balaban J connectivity index is 0.804. The van der Waals surface area contributed by atoms with Crippen LogP contribution in [0, 0.1) is 42.7 Å². The number of imidazole rings is 1. The lowest BCUT2D eigenvalue weighted by Gasteiger charge is -2.45. The molecule has 1 saturated carbocycles. The summed E-state index contributed by atoms with van der Waals surface area (Å²) in [6.07, 6.45) is 7.12. The summed E-state index contributed by atoms with van der Waals surface area (Å²) in [5.41, 5.74) is 6.87. The average Bonchev–Trinajstić information content (AvgIpc) is 3.96. The Morgan fingerprint density at radius 1 is 0.864 bits per heavy atom. The molecule has 3 aromatic heterocycles. The molecule has 5 aliphatic rings. The molecule has 0 radical (unpaired) electrons. The smallest absolute Gasteiger partial charge is 0.258 e. The zero-order valence-corrected chi connectivity index (χ0v) is 38.6. The fourth-order valence-corrected chi connectivity index (χ4v) is 11.6.